The Balaban J connectivity index is 2.05. The lowest BCUT2D eigenvalue weighted by Crippen LogP contribution is -2.01. The van der Waals surface area contributed by atoms with E-state index in [0.29, 0.717) is 18.2 Å². The summed E-state index contributed by atoms with van der Waals surface area (Å²) in [5.41, 5.74) is 7.62. The molecule has 82 valence electrons. The van der Waals surface area contributed by atoms with E-state index in [-0.39, 0.29) is 0 Å². The predicted octanol–water partition coefficient (Wildman–Crippen LogP) is 1.95. The van der Waals surface area contributed by atoms with Crippen LogP contribution >= 0.6 is 0 Å². The summed E-state index contributed by atoms with van der Waals surface area (Å²) in [4.78, 5) is 8.13. The van der Waals surface area contributed by atoms with Crippen LogP contribution in [0.1, 0.15) is 11.3 Å². The van der Waals surface area contributed by atoms with Crippen LogP contribution in [0.5, 0.6) is 5.75 Å². The van der Waals surface area contributed by atoms with E-state index in [2.05, 4.69) is 9.97 Å². The zero-order valence-electron chi connectivity index (χ0n) is 9.05. The van der Waals surface area contributed by atoms with Crippen molar-refractivity contribution in [2.24, 2.45) is 0 Å². The van der Waals surface area contributed by atoms with Crippen LogP contribution in [0, 0.1) is 6.92 Å². The molecule has 4 heteroatoms. The molecular weight excluding hydrogens is 202 g/mol. The van der Waals surface area contributed by atoms with Gasteiger partial charge in [-0.3, -0.25) is 4.98 Å². The largest absolute Gasteiger partial charge is 0.485 e. The molecule has 16 heavy (non-hydrogen) atoms. The van der Waals surface area contributed by atoms with Gasteiger partial charge in [0.2, 0.25) is 0 Å². The van der Waals surface area contributed by atoms with Crippen molar-refractivity contribution in [3.05, 3.63) is 47.9 Å². The first-order valence-electron chi connectivity index (χ1n) is 5.00. The second-order valence-electron chi connectivity index (χ2n) is 3.49. The van der Waals surface area contributed by atoms with Crippen LogP contribution in [0.2, 0.25) is 0 Å². The number of hydrogen-bond donors (Lipinski definition) is 1. The van der Waals surface area contributed by atoms with E-state index in [1.165, 1.54) is 0 Å². The number of rotatable bonds is 3. The molecule has 0 aliphatic heterocycles. The minimum absolute atomic E-state index is 0.420. The van der Waals surface area contributed by atoms with Crippen molar-refractivity contribution in [3.8, 4) is 5.75 Å². The normalized spacial score (nSPS) is 10.1. The molecule has 0 atom stereocenters. The first-order chi connectivity index (χ1) is 7.75. The quantitative estimate of drug-likeness (QED) is 0.850. The SMILES string of the molecule is Cc1ccc(OCc2cccnc2)c(N)n1. The van der Waals surface area contributed by atoms with Crippen LogP contribution < -0.4 is 10.5 Å². The predicted molar refractivity (Wildman–Crippen MR) is 62.0 cm³/mol. The first-order valence-corrected chi connectivity index (χ1v) is 5.00. The number of nitrogens with two attached hydrogens (primary N) is 1. The third-order valence-corrected chi connectivity index (χ3v) is 2.14. The fourth-order valence-corrected chi connectivity index (χ4v) is 1.33. The molecular formula is C12H13N3O. The Kier molecular flexibility index (Phi) is 3.00. The van der Waals surface area contributed by atoms with Gasteiger partial charge < -0.3 is 10.5 Å². The Bertz CT molecular complexity index is 471. The fourth-order valence-electron chi connectivity index (χ4n) is 1.33. The molecule has 0 bridgehead atoms. The number of nitrogen functional groups attached to an aromatic ring is 1. The molecule has 0 saturated carbocycles. The van der Waals surface area contributed by atoms with Gasteiger partial charge in [-0.2, -0.15) is 0 Å². The molecule has 2 N–H and O–H groups in total. The van der Waals surface area contributed by atoms with Crippen LogP contribution in [-0.2, 0) is 6.61 Å². The molecule has 0 unspecified atom stereocenters. The third kappa shape index (κ3) is 2.48. The zero-order chi connectivity index (χ0) is 11.4. The first kappa shape index (κ1) is 10.4. The summed E-state index contributed by atoms with van der Waals surface area (Å²) in [7, 11) is 0. The van der Waals surface area contributed by atoms with E-state index in [9.17, 15) is 0 Å². The molecule has 0 radical (unpaired) electrons. The second kappa shape index (κ2) is 4.61. The highest BCUT2D eigenvalue weighted by Crippen LogP contribution is 2.19. The molecule has 0 amide bonds. The van der Waals surface area contributed by atoms with Gasteiger partial charge in [-0.1, -0.05) is 6.07 Å². The summed E-state index contributed by atoms with van der Waals surface area (Å²) in [5.74, 6) is 1.03. The minimum atomic E-state index is 0.420. The number of aryl methyl sites for hydroxylation is 1. The molecule has 2 aromatic rings. The Labute approximate surface area is 94.1 Å². The molecule has 0 aliphatic rings. The number of nitrogens with zero attached hydrogens (tertiary/aromatic N) is 2. The summed E-state index contributed by atoms with van der Waals surface area (Å²) in [5, 5.41) is 0. The number of ether oxygens (including phenoxy) is 1. The van der Waals surface area contributed by atoms with Gasteiger partial charge in [0.25, 0.3) is 0 Å². The molecule has 2 heterocycles. The van der Waals surface area contributed by atoms with Crippen LogP contribution in [0.4, 0.5) is 5.82 Å². The lowest BCUT2D eigenvalue weighted by Gasteiger charge is -2.08. The topological polar surface area (TPSA) is 61.0 Å². The summed E-state index contributed by atoms with van der Waals surface area (Å²) in [6, 6.07) is 7.52. The fraction of sp³-hybridized carbons (Fsp3) is 0.167. The average molecular weight is 215 g/mol. The minimum Gasteiger partial charge on any atom is -0.485 e. The Morgan fingerprint density at radius 2 is 2.19 bits per heavy atom. The van der Waals surface area contributed by atoms with Gasteiger partial charge in [-0.25, -0.2) is 4.98 Å². The molecule has 2 aromatic heterocycles. The average Bonchev–Trinajstić information content (AvgIpc) is 2.29. The summed E-state index contributed by atoms with van der Waals surface area (Å²) in [6.07, 6.45) is 3.49. The highest BCUT2D eigenvalue weighted by atomic mass is 16.5. The van der Waals surface area contributed by atoms with E-state index < -0.39 is 0 Å². The van der Waals surface area contributed by atoms with Gasteiger partial charge in [0.15, 0.2) is 11.6 Å². The number of anilines is 1. The maximum atomic E-state index is 5.73. The van der Waals surface area contributed by atoms with Crippen molar-refractivity contribution >= 4 is 5.82 Å². The molecule has 4 nitrogen and oxygen atoms in total. The van der Waals surface area contributed by atoms with Crippen LogP contribution in [0.25, 0.3) is 0 Å². The van der Waals surface area contributed by atoms with Crippen molar-refractivity contribution in [1.29, 1.82) is 0 Å². The maximum absolute atomic E-state index is 5.73. The second-order valence-corrected chi connectivity index (χ2v) is 3.49. The summed E-state index contributed by atoms with van der Waals surface area (Å²) < 4.78 is 5.55. The van der Waals surface area contributed by atoms with Gasteiger partial charge >= 0.3 is 0 Å². The number of hydrogen-bond acceptors (Lipinski definition) is 4. The summed E-state index contributed by atoms with van der Waals surface area (Å²) in [6.45, 7) is 2.34. The summed E-state index contributed by atoms with van der Waals surface area (Å²) >= 11 is 0. The Morgan fingerprint density at radius 1 is 1.31 bits per heavy atom. The molecule has 0 aromatic carbocycles. The van der Waals surface area contributed by atoms with Gasteiger partial charge in [-0.05, 0) is 25.1 Å². The van der Waals surface area contributed by atoms with E-state index in [1.54, 1.807) is 12.4 Å². The Hall–Kier alpha value is -2.10. The van der Waals surface area contributed by atoms with Crippen molar-refractivity contribution in [2.45, 2.75) is 13.5 Å². The standard InChI is InChI=1S/C12H13N3O/c1-9-4-5-11(12(13)15-9)16-8-10-3-2-6-14-7-10/h2-7H,8H2,1H3,(H2,13,15). The van der Waals surface area contributed by atoms with E-state index in [0.717, 1.165) is 11.3 Å². The maximum Gasteiger partial charge on any atom is 0.166 e. The van der Waals surface area contributed by atoms with Crippen molar-refractivity contribution in [2.75, 3.05) is 5.73 Å². The van der Waals surface area contributed by atoms with Crippen LogP contribution in [-0.4, -0.2) is 9.97 Å². The van der Waals surface area contributed by atoms with Crippen molar-refractivity contribution < 1.29 is 4.74 Å². The van der Waals surface area contributed by atoms with Gasteiger partial charge in [0, 0.05) is 23.7 Å². The lowest BCUT2D eigenvalue weighted by atomic mass is 10.3. The van der Waals surface area contributed by atoms with Gasteiger partial charge in [0.1, 0.15) is 6.61 Å². The lowest BCUT2D eigenvalue weighted by molar-refractivity contribution is 0.306. The van der Waals surface area contributed by atoms with Crippen molar-refractivity contribution in [3.63, 3.8) is 0 Å². The molecule has 0 saturated heterocycles. The molecule has 2 rings (SSSR count). The van der Waals surface area contributed by atoms with Gasteiger partial charge in [0.05, 0.1) is 0 Å². The van der Waals surface area contributed by atoms with E-state index >= 15 is 0 Å². The monoisotopic (exact) mass is 215 g/mol. The van der Waals surface area contributed by atoms with Crippen LogP contribution in [0.3, 0.4) is 0 Å². The Morgan fingerprint density at radius 3 is 2.88 bits per heavy atom. The smallest absolute Gasteiger partial charge is 0.166 e. The highest BCUT2D eigenvalue weighted by Gasteiger charge is 2.02. The number of aromatic nitrogens is 2. The number of pyridine rings is 2. The van der Waals surface area contributed by atoms with E-state index in [1.807, 2.05) is 31.2 Å². The van der Waals surface area contributed by atoms with Crippen LogP contribution in [0.15, 0.2) is 36.7 Å². The van der Waals surface area contributed by atoms with Gasteiger partial charge in [-0.15, -0.1) is 0 Å². The van der Waals surface area contributed by atoms with Crippen molar-refractivity contribution in [1.82, 2.24) is 9.97 Å². The molecule has 0 spiro atoms. The molecule has 0 aliphatic carbocycles. The highest BCUT2D eigenvalue weighted by molar-refractivity contribution is 5.46. The van der Waals surface area contributed by atoms with E-state index in [4.69, 9.17) is 10.5 Å². The third-order valence-electron chi connectivity index (χ3n) is 2.14. The zero-order valence-corrected chi connectivity index (χ0v) is 9.05. The molecule has 0 fully saturated rings.